The maximum absolute atomic E-state index is 13.2. The van der Waals surface area contributed by atoms with Crippen LogP contribution < -0.4 is 5.32 Å². The fourth-order valence-electron chi connectivity index (χ4n) is 4.59. The van der Waals surface area contributed by atoms with Crippen LogP contribution in [0.15, 0.2) is 40.9 Å². The Morgan fingerprint density at radius 3 is 2.84 bits per heavy atom. The van der Waals surface area contributed by atoms with Gasteiger partial charge in [0.15, 0.2) is 11.5 Å². The number of nitrogens with zero attached hydrogens (tertiary/aromatic N) is 4. The lowest BCUT2D eigenvalue weighted by Gasteiger charge is -2.27. The van der Waals surface area contributed by atoms with E-state index in [0.29, 0.717) is 12.2 Å². The number of fused-ring (bicyclic) bond motifs is 1. The Kier molecular flexibility index (Phi) is 6.32. The van der Waals surface area contributed by atoms with Crippen LogP contribution in [0.25, 0.3) is 11.3 Å². The molecule has 0 saturated carbocycles. The van der Waals surface area contributed by atoms with E-state index in [4.69, 9.17) is 9.62 Å². The summed E-state index contributed by atoms with van der Waals surface area (Å²) in [6.07, 6.45) is 2.78. The van der Waals surface area contributed by atoms with Crippen molar-refractivity contribution in [1.82, 2.24) is 25.2 Å². The lowest BCUT2D eigenvalue weighted by atomic mass is 9.91. The molecule has 1 N–H and O–H groups in total. The van der Waals surface area contributed by atoms with Crippen LogP contribution in [0.5, 0.6) is 0 Å². The van der Waals surface area contributed by atoms with Gasteiger partial charge in [-0.25, -0.2) is 0 Å². The SMILES string of the molecule is CCn1nc(C(=O)N2CCSCC2)c2c1CCC(NCc1cc(-c3ccccc3)on1)C2. The molecule has 1 atom stereocenters. The number of thioether (sulfide) groups is 1. The normalized spacial score (nSPS) is 18.5. The molecule has 0 bridgehead atoms. The molecule has 0 spiro atoms. The molecule has 8 heteroatoms. The summed E-state index contributed by atoms with van der Waals surface area (Å²) in [4.78, 5) is 15.2. The number of hydrogen-bond donors (Lipinski definition) is 1. The number of benzene rings is 1. The Morgan fingerprint density at radius 1 is 1.25 bits per heavy atom. The van der Waals surface area contributed by atoms with Crippen molar-refractivity contribution in [3.05, 3.63) is 59.0 Å². The first-order chi connectivity index (χ1) is 15.7. The highest BCUT2D eigenvalue weighted by Gasteiger charge is 2.31. The smallest absolute Gasteiger partial charge is 0.274 e. The van der Waals surface area contributed by atoms with E-state index < -0.39 is 0 Å². The second-order valence-electron chi connectivity index (χ2n) is 8.36. The van der Waals surface area contributed by atoms with Gasteiger partial charge in [-0.2, -0.15) is 16.9 Å². The lowest BCUT2D eigenvalue weighted by Crippen LogP contribution is -2.39. The van der Waals surface area contributed by atoms with E-state index in [1.54, 1.807) is 0 Å². The number of hydrogen-bond acceptors (Lipinski definition) is 6. The minimum absolute atomic E-state index is 0.0957. The molecule has 3 heterocycles. The van der Waals surface area contributed by atoms with Gasteiger partial charge in [-0.1, -0.05) is 35.5 Å². The molecule has 2 aliphatic rings. The molecule has 7 nitrogen and oxygen atoms in total. The third-order valence-electron chi connectivity index (χ3n) is 6.34. The summed E-state index contributed by atoms with van der Waals surface area (Å²) in [5, 5.41) is 12.6. The molecule has 2 aromatic heterocycles. The number of carbonyl (C=O) groups is 1. The highest BCUT2D eigenvalue weighted by molar-refractivity contribution is 7.99. The van der Waals surface area contributed by atoms with Gasteiger partial charge in [0.05, 0.1) is 5.69 Å². The standard InChI is InChI=1S/C24H29N5O2S/c1-2-29-21-9-8-18(14-20(21)23(26-29)24(30)28-10-12-32-13-11-28)25-16-19-15-22(31-27-19)17-6-4-3-5-7-17/h3-7,15,18,25H,2,8-14,16H2,1H3. The van der Waals surface area contributed by atoms with E-state index in [9.17, 15) is 4.79 Å². The number of rotatable bonds is 6. The molecule has 168 valence electrons. The van der Waals surface area contributed by atoms with Crippen LogP contribution in [-0.2, 0) is 25.9 Å². The Balaban J connectivity index is 1.27. The molecular formula is C24H29N5O2S. The number of amides is 1. The fourth-order valence-corrected chi connectivity index (χ4v) is 5.50. The van der Waals surface area contributed by atoms with Gasteiger partial charge in [-0.15, -0.1) is 0 Å². The maximum atomic E-state index is 13.2. The Hall–Kier alpha value is -2.58. The monoisotopic (exact) mass is 451 g/mol. The number of nitrogens with one attached hydrogen (secondary N) is 1. The predicted octanol–water partition coefficient (Wildman–Crippen LogP) is 3.39. The van der Waals surface area contributed by atoms with Gasteiger partial charge in [0.25, 0.3) is 5.91 Å². The first kappa shape index (κ1) is 21.3. The van der Waals surface area contributed by atoms with Crippen molar-refractivity contribution in [2.24, 2.45) is 0 Å². The van der Waals surface area contributed by atoms with Crippen LogP contribution in [0.2, 0.25) is 0 Å². The topological polar surface area (TPSA) is 76.2 Å². The quantitative estimate of drug-likeness (QED) is 0.619. The Labute approximate surface area is 192 Å². The zero-order valence-corrected chi connectivity index (χ0v) is 19.2. The van der Waals surface area contributed by atoms with Gasteiger partial charge >= 0.3 is 0 Å². The number of carbonyl (C=O) groups excluding carboxylic acids is 1. The van der Waals surface area contributed by atoms with Crippen molar-refractivity contribution >= 4 is 17.7 Å². The Bertz CT molecular complexity index is 1070. The zero-order valence-electron chi connectivity index (χ0n) is 18.4. The van der Waals surface area contributed by atoms with E-state index >= 15 is 0 Å². The van der Waals surface area contributed by atoms with Crippen LogP contribution in [0.1, 0.15) is 40.8 Å². The van der Waals surface area contributed by atoms with Crippen molar-refractivity contribution in [1.29, 1.82) is 0 Å². The van der Waals surface area contributed by atoms with Crippen LogP contribution >= 0.6 is 11.8 Å². The third-order valence-corrected chi connectivity index (χ3v) is 7.28. The van der Waals surface area contributed by atoms with E-state index in [2.05, 4.69) is 17.4 Å². The first-order valence-corrected chi connectivity index (χ1v) is 12.6. The van der Waals surface area contributed by atoms with Gasteiger partial charge in [0, 0.05) is 66.6 Å². The molecule has 5 rings (SSSR count). The summed E-state index contributed by atoms with van der Waals surface area (Å²) in [5.74, 6) is 2.90. The molecule has 1 aromatic carbocycles. The first-order valence-electron chi connectivity index (χ1n) is 11.4. The third kappa shape index (κ3) is 4.34. The van der Waals surface area contributed by atoms with Crippen LogP contribution in [0, 0.1) is 0 Å². The molecular weight excluding hydrogens is 422 g/mol. The second kappa shape index (κ2) is 9.50. The van der Waals surface area contributed by atoms with Crippen molar-refractivity contribution < 1.29 is 9.32 Å². The molecule has 1 saturated heterocycles. The summed E-state index contributed by atoms with van der Waals surface area (Å²) in [5.41, 5.74) is 4.94. The summed E-state index contributed by atoms with van der Waals surface area (Å²) < 4.78 is 7.56. The fraction of sp³-hybridized carbons (Fsp3) is 0.458. The van der Waals surface area contributed by atoms with E-state index in [-0.39, 0.29) is 11.9 Å². The van der Waals surface area contributed by atoms with Crippen molar-refractivity contribution in [3.8, 4) is 11.3 Å². The van der Waals surface area contributed by atoms with E-state index in [1.807, 2.05) is 57.7 Å². The second-order valence-corrected chi connectivity index (χ2v) is 9.59. The van der Waals surface area contributed by atoms with E-state index in [0.717, 1.165) is 73.0 Å². The average molecular weight is 452 g/mol. The highest BCUT2D eigenvalue weighted by Crippen LogP contribution is 2.27. The molecule has 0 radical (unpaired) electrons. The lowest BCUT2D eigenvalue weighted by molar-refractivity contribution is 0.0764. The van der Waals surface area contributed by atoms with Crippen molar-refractivity contribution in [2.75, 3.05) is 24.6 Å². The molecule has 3 aromatic rings. The van der Waals surface area contributed by atoms with E-state index in [1.165, 1.54) is 5.69 Å². The summed E-state index contributed by atoms with van der Waals surface area (Å²) in [6.45, 7) is 5.16. The molecule has 1 aliphatic carbocycles. The predicted molar refractivity (Wildman–Crippen MR) is 126 cm³/mol. The van der Waals surface area contributed by atoms with Gasteiger partial charge in [-0.05, 0) is 26.2 Å². The van der Waals surface area contributed by atoms with Crippen molar-refractivity contribution in [3.63, 3.8) is 0 Å². The summed E-state index contributed by atoms with van der Waals surface area (Å²) in [6, 6.07) is 12.3. The van der Waals surface area contributed by atoms with Crippen LogP contribution in [0.3, 0.4) is 0 Å². The molecule has 1 amide bonds. The highest BCUT2D eigenvalue weighted by atomic mass is 32.2. The van der Waals surface area contributed by atoms with Gasteiger partial charge in [-0.3, -0.25) is 9.48 Å². The minimum Gasteiger partial charge on any atom is -0.356 e. The number of aromatic nitrogens is 3. The molecule has 1 fully saturated rings. The van der Waals surface area contributed by atoms with Crippen LogP contribution in [0.4, 0.5) is 0 Å². The molecule has 1 aliphatic heterocycles. The molecule has 1 unspecified atom stereocenters. The molecule has 32 heavy (non-hydrogen) atoms. The Morgan fingerprint density at radius 2 is 2.06 bits per heavy atom. The maximum Gasteiger partial charge on any atom is 0.274 e. The zero-order chi connectivity index (χ0) is 21.9. The minimum atomic E-state index is 0.0957. The average Bonchev–Trinajstić information content (AvgIpc) is 3.48. The van der Waals surface area contributed by atoms with Gasteiger partial charge < -0.3 is 14.7 Å². The van der Waals surface area contributed by atoms with Crippen LogP contribution in [-0.4, -0.2) is 56.4 Å². The van der Waals surface area contributed by atoms with Crippen molar-refractivity contribution in [2.45, 2.75) is 45.3 Å². The van der Waals surface area contributed by atoms with Gasteiger partial charge in [0.1, 0.15) is 0 Å². The summed E-state index contributed by atoms with van der Waals surface area (Å²) >= 11 is 1.91. The van der Waals surface area contributed by atoms with Gasteiger partial charge in [0.2, 0.25) is 0 Å². The largest absolute Gasteiger partial charge is 0.356 e. The number of aryl methyl sites for hydroxylation is 1. The summed E-state index contributed by atoms with van der Waals surface area (Å²) in [7, 11) is 0.